The second-order valence-corrected chi connectivity index (χ2v) is 9.63. The van der Waals surface area contributed by atoms with Crippen LogP contribution in [-0.2, 0) is 9.47 Å². The van der Waals surface area contributed by atoms with E-state index in [1.807, 2.05) is 91.0 Å². The van der Waals surface area contributed by atoms with Crippen molar-refractivity contribution in [3.05, 3.63) is 91.0 Å². The molecule has 1 amide bonds. The van der Waals surface area contributed by atoms with Crippen molar-refractivity contribution in [3.8, 4) is 0 Å². The Bertz CT molecular complexity index is 901. The highest BCUT2D eigenvalue weighted by Gasteiger charge is 2.56. The van der Waals surface area contributed by atoms with Gasteiger partial charge in [0.25, 0.3) is 0 Å². The van der Waals surface area contributed by atoms with E-state index in [4.69, 9.17) is 9.47 Å². The Kier molecular flexibility index (Phi) is 7.63. The highest BCUT2D eigenvalue weighted by Crippen LogP contribution is 2.59. The molecular weight excluding hydrogens is 411 g/mol. The molecule has 3 aromatic rings. The van der Waals surface area contributed by atoms with Crippen LogP contribution in [0.1, 0.15) is 13.8 Å². The van der Waals surface area contributed by atoms with E-state index in [0.717, 1.165) is 15.9 Å². The third-order valence-corrected chi connectivity index (χ3v) is 8.51. The van der Waals surface area contributed by atoms with Crippen LogP contribution in [0.15, 0.2) is 96.1 Å². The van der Waals surface area contributed by atoms with Crippen LogP contribution < -0.4 is 21.0 Å². The largest absolute Gasteiger partial charge is 0.599 e. The Morgan fingerprint density at radius 2 is 1.16 bits per heavy atom. The zero-order valence-electron chi connectivity index (χ0n) is 17.5. The summed E-state index contributed by atoms with van der Waals surface area (Å²) in [5.41, 5.74) is 0. The van der Waals surface area contributed by atoms with Crippen molar-refractivity contribution in [2.75, 3.05) is 13.2 Å². The molecule has 0 unspecified atom stereocenters. The predicted molar refractivity (Wildman–Crippen MR) is 123 cm³/mol. The lowest BCUT2D eigenvalue weighted by Gasteiger charge is -2.33. The minimum atomic E-state index is -2.94. The van der Waals surface area contributed by atoms with Gasteiger partial charge in [0.05, 0.1) is 6.61 Å². The predicted octanol–water partition coefficient (Wildman–Crippen LogP) is 3.02. The molecule has 0 spiro atoms. The smallest absolute Gasteiger partial charge is 0.464 e. The first-order valence-corrected chi connectivity index (χ1v) is 11.8. The van der Waals surface area contributed by atoms with E-state index in [9.17, 15) is 9.90 Å². The number of hydrazone groups is 1. The Hall–Kier alpha value is -3.37. The highest BCUT2D eigenvalue weighted by atomic mass is 31.2. The maximum absolute atomic E-state index is 13.3. The third kappa shape index (κ3) is 4.70. The SMILES string of the molecule is CCOC(=O)N(/N=C(\[O-])OCC)[P+](c1ccccc1)(c1ccccc1)c1ccccc1. The Balaban J connectivity index is 2.41. The van der Waals surface area contributed by atoms with Crippen molar-refractivity contribution in [3.63, 3.8) is 0 Å². The summed E-state index contributed by atoms with van der Waals surface area (Å²) in [5.74, 6) is 0. The normalized spacial score (nSPS) is 11.6. The lowest BCUT2D eigenvalue weighted by molar-refractivity contribution is -0.251. The van der Waals surface area contributed by atoms with Crippen LogP contribution in [0, 0.1) is 0 Å². The molecule has 160 valence electrons. The molecule has 0 heterocycles. The van der Waals surface area contributed by atoms with E-state index in [1.54, 1.807) is 13.8 Å². The zero-order valence-corrected chi connectivity index (χ0v) is 18.4. The van der Waals surface area contributed by atoms with Gasteiger partial charge in [0.1, 0.15) is 15.9 Å². The van der Waals surface area contributed by atoms with Gasteiger partial charge in [-0.3, -0.25) is 0 Å². The molecule has 0 aliphatic rings. The molecule has 0 aliphatic heterocycles. The fourth-order valence-corrected chi connectivity index (χ4v) is 7.22. The summed E-state index contributed by atoms with van der Waals surface area (Å²) in [4.78, 5) is 13.3. The maximum atomic E-state index is 13.3. The van der Waals surface area contributed by atoms with Gasteiger partial charge in [-0.15, -0.1) is 5.10 Å². The van der Waals surface area contributed by atoms with Crippen LogP contribution in [0.2, 0.25) is 0 Å². The summed E-state index contributed by atoms with van der Waals surface area (Å²) in [6, 6.07) is 28.8. The lowest BCUT2D eigenvalue weighted by atomic mass is 10.4. The van der Waals surface area contributed by atoms with Crippen molar-refractivity contribution in [1.29, 1.82) is 0 Å². The van der Waals surface area contributed by atoms with Crippen LogP contribution in [0.25, 0.3) is 0 Å². The summed E-state index contributed by atoms with van der Waals surface area (Å²) >= 11 is 0. The molecule has 3 aromatic carbocycles. The molecule has 0 saturated carbocycles. The molecule has 0 aromatic heterocycles. The summed E-state index contributed by atoms with van der Waals surface area (Å²) in [7, 11) is -2.94. The number of ether oxygens (including phenoxy) is 2. The number of hydrogen-bond acceptors (Lipinski definition) is 5. The van der Waals surface area contributed by atoms with Gasteiger partial charge < -0.3 is 14.6 Å². The first kappa shape index (κ1) is 22.3. The summed E-state index contributed by atoms with van der Waals surface area (Å²) in [5, 5.41) is 19.2. The molecule has 0 saturated heterocycles. The molecule has 0 bridgehead atoms. The maximum Gasteiger partial charge on any atom is 0.464 e. The molecule has 0 atom stereocenters. The van der Waals surface area contributed by atoms with Crippen molar-refractivity contribution in [2.24, 2.45) is 5.10 Å². The molecule has 7 heteroatoms. The van der Waals surface area contributed by atoms with Gasteiger partial charge in [0, 0.05) is 0 Å². The monoisotopic (exact) mass is 436 g/mol. The Morgan fingerprint density at radius 3 is 1.52 bits per heavy atom. The first-order chi connectivity index (χ1) is 15.1. The lowest BCUT2D eigenvalue weighted by Crippen LogP contribution is -2.45. The van der Waals surface area contributed by atoms with Gasteiger partial charge in [-0.1, -0.05) is 61.5 Å². The Labute approximate surface area is 183 Å². The summed E-state index contributed by atoms with van der Waals surface area (Å²) < 4.78 is 11.6. The van der Waals surface area contributed by atoms with E-state index >= 15 is 0 Å². The number of hydrogen-bond donors (Lipinski definition) is 0. The molecule has 0 N–H and O–H groups in total. The molecule has 0 radical (unpaired) electrons. The average molecular weight is 436 g/mol. The van der Waals surface area contributed by atoms with Crippen molar-refractivity contribution in [2.45, 2.75) is 13.8 Å². The van der Waals surface area contributed by atoms with Gasteiger partial charge in [0.15, 0.2) is 6.08 Å². The zero-order chi connectivity index (χ0) is 22.1. The van der Waals surface area contributed by atoms with Crippen LogP contribution in [0.4, 0.5) is 4.79 Å². The second kappa shape index (κ2) is 10.6. The van der Waals surface area contributed by atoms with Gasteiger partial charge in [-0.05, 0) is 54.7 Å². The third-order valence-electron chi connectivity index (χ3n) is 4.55. The molecule has 3 rings (SSSR count). The molecule has 0 aliphatic carbocycles. The number of rotatable bonds is 7. The van der Waals surface area contributed by atoms with Crippen molar-refractivity contribution < 1.29 is 19.4 Å². The van der Waals surface area contributed by atoms with Gasteiger partial charge in [0.2, 0.25) is 7.41 Å². The van der Waals surface area contributed by atoms with Crippen molar-refractivity contribution >= 4 is 35.5 Å². The summed E-state index contributed by atoms with van der Waals surface area (Å²) in [6.07, 6.45) is -1.55. The van der Waals surface area contributed by atoms with Crippen LogP contribution in [0.5, 0.6) is 0 Å². The molecular formula is C24H25N2O4P. The second-order valence-electron chi connectivity index (χ2n) is 6.43. The van der Waals surface area contributed by atoms with E-state index in [0.29, 0.717) is 0 Å². The van der Waals surface area contributed by atoms with E-state index in [1.165, 1.54) is 4.78 Å². The number of benzene rings is 3. The number of carbonyl (C=O) groups excluding carboxylic acids is 1. The van der Waals surface area contributed by atoms with Gasteiger partial charge in [-0.2, -0.15) is 0 Å². The standard InChI is InChI=1S/C24H25N2O4P/c1-3-29-23(27)25-26(24(28)30-4-2)31(20-14-8-5-9-15-20,21-16-10-6-11-17-21)22-18-12-7-13-19-22/h5-19H,3-4H2,1-2H3. The minimum Gasteiger partial charge on any atom is -0.599 e. The van der Waals surface area contributed by atoms with Crippen LogP contribution in [-0.4, -0.2) is 30.2 Å². The highest BCUT2D eigenvalue weighted by molar-refractivity contribution is 7.94. The number of nitrogens with zero attached hydrogens (tertiary/aromatic N) is 2. The first-order valence-electron chi connectivity index (χ1n) is 10.1. The molecule has 6 nitrogen and oxygen atoms in total. The molecule has 31 heavy (non-hydrogen) atoms. The van der Waals surface area contributed by atoms with Gasteiger partial charge in [-0.25, -0.2) is 4.79 Å². The number of amides is 1. The fourth-order valence-electron chi connectivity index (χ4n) is 3.35. The van der Waals surface area contributed by atoms with Gasteiger partial charge >= 0.3 is 6.09 Å². The van der Waals surface area contributed by atoms with E-state index < -0.39 is 19.6 Å². The Morgan fingerprint density at radius 1 is 0.774 bits per heavy atom. The van der Waals surface area contributed by atoms with E-state index in [-0.39, 0.29) is 13.2 Å². The van der Waals surface area contributed by atoms with Crippen LogP contribution in [0.3, 0.4) is 0 Å². The minimum absolute atomic E-state index is 0.145. The van der Waals surface area contributed by atoms with Crippen LogP contribution >= 0.6 is 7.41 Å². The fraction of sp³-hybridized carbons (Fsp3) is 0.167. The topological polar surface area (TPSA) is 74.2 Å². The quantitative estimate of drug-likeness (QED) is 0.247. The van der Waals surface area contributed by atoms with Crippen molar-refractivity contribution in [1.82, 2.24) is 4.78 Å². The molecule has 0 fully saturated rings. The summed E-state index contributed by atoms with van der Waals surface area (Å²) in [6.45, 7) is 3.70. The number of carbonyl (C=O) groups is 1. The average Bonchev–Trinajstić information content (AvgIpc) is 2.81. The van der Waals surface area contributed by atoms with E-state index in [2.05, 4.69) is 5.10 Å².